The molecule has 0 spiro atoms. The topological polar surface area (TPSA) is 82.2 Å². The first-order chi connectivity index (χ1) is 11.2. The van der Waals surface area contributed by atoms with Crippen LogP contribution in [0.5, 0.6) is 0 Å². The van der Waals surface area contributed by atoms with Crippen molar-refractivity contribution in [2.45, 2.75) is 45.4 Å². The standard InChI is InChI=1S/C18H26N2O4/c1-18(2,3)15(20(4)17(22)23)16(21)19-13(14-11-24-14)10-12-8-6-5-7-9-12/h5-9,13-15H,10-11H2,1-4H3,(H,19,21)(H,22,23)/t13-,14-,15+/m0/s1. The Labute approximate surface area is 142 Å². The number of epoxide rings is 1. The summed E-state index contributed by atoms with van der Waals surface area (Å²) in [6.45, 7) is 6.19. The summed E-state index contributed by atoms with van der Waals surface area (Å²) < 4.78 is 5.37. The van der Waals surface area contributed by atoms with Crippen molar-refractivity contribution in [1.82, 2.24) is 10.2 Å². The van der Waals surface area contributed by atoms with E-state index in [1.165, 1.54) is 7.05 Å². The van der Waals surface area contributed by atoms with Crippen LogP contribution < -0.4 is 5.32 Å². The maximum absolute atomic E-state index is 12.8. The maximum Gasteiger partial charge on any atom is 0.407 e. The number of likely N-dealkylation sites (N-methyl/N-ethyl adjacent to an activating group) is 1. The number of benzene rings is 1. The van der Waals surface area contributed by atoms with Gasteiger partial charge in [-0.05, 0) is 17.4 Å². The van der Waals surface area contributed by atoms with Gasteiger partial charge in [-0.1, -0.05) is 51.1 Å². The van der Waals surface area contributed by atoms with Crippen LogP contribution in [0.3, 0.4) is 0 Å². The van der Waals surface area contributed by atoms with E-state index in [0.29, 0.717) is 13.0 Å². The number of nitrogens with one attached hydrogen (secondary N) is 1. The van der Waals surface area contributed by atoms with Crippen LogP contribution in [0.4, 0.5) is 4.79 Å². The molecule has 6 nitrogen and oxygen atoms in total. The van der Waals surface area contributed by atoms with Crippen LogP contribution in [0.1, 0.15) is 26.3 Å². The number of nitrogens with zero attached hydrogens (tertiary/aromatic N) is 1. The highest BCUT2D eigenvalue weighted by molar-refractivity contribution is 5.86. The molecule has 1 aromatic rings. The summed E-state index contributed by atoms with van der Waals surface area (Å²) in [6.07, 6.45) is -0.470. The summed E-state index contributed by atoms with van der Waals surface area (Å²) in [6, 6.07) is 8.94. The van der Waals surface area contributed by atoms with Gasteiger partial charge in [-0.25, -0.2) is 4.79 Å². The van der Waals surface area contributed by atoms with Crippen molar-refractivity contribution in [3.05, 3.63) is 35.9 Å². The number of carbonyl (C=O) groups is 2. The Hall–Kier alpha value is -2.08. The molecular formula is C18H26N2O4. The fourth-order valence-electron chi connectivity index (χ4n) is 2.95. The minimum atomic E-state index is -1.12. The molecule has 0 radical (unpaired) electrons. The van der Waals surface area contributed by atoms with Crippen molar-refractivity contribution in [2.75, 3.05) is 13.7 Å². The molecule has 132 valence electrons. The summed E-state index contributed by atoms with van der Waals surface area (Å²) in [5.41, 5.74) is 0.594. The highest BCUT2D eigenvalue weighted by Crippen LogP contribution is 2.25. The number of amides is 2. The van der Waals surface area contributed by atoms with Crippen molar-refractivity contribution in [1.29, 1.82) is 0 Å². The number of hydrogen-bond acceptors (Lipinski definition) is 3. The lowest BCUT2D eigenvalue weighted by atomic mass is 9.85. The van der Waals surface area contributed by atoms with Gasteiger partial charge in [0.05, 0.1) is 12.6 Å². The molecule has 2 N–H and O–H groups in total. The zero-order chi connectivity index (χ0) is 17.9. The van der Waals surface area contributed by atoms with E-state index in [0.717, 1.165) is 10.5 Å². The van der Waals surface area contributed by atoms with Crippen molar-refractivity contribution in [3.63, 3.8) is 0 Å². The first kappa shape index (κ1) is 18.3. The van der Waals surface area contributed by atoms with E-state index in [9.17, 15) is 14.7 Å². The van der Waals surface area contributed by atoms with Crippen molar-refractivity contribution in [2.24, 2.45) is 5.41 Å². The number of carboxylic acid groups (broad SMARTS) is 1. The molecule has 6 heteroatoms. The van der Waals surface area contributed by atoms with E-state index in [1.807, 2.05) is 51.1 Å². The van der Waals surface area contributed by atoms with E-state index in [1.54, 1.807) is 0 Å². The monoisotopic (exact) mass is 334 g/mol. The number of carbonyl (C=O) groups excluding carboxylic acids is 1. The van der Waals surface area contributed by atoms with Crippen molar-refractivity contribution in [3.8, 4) is 0 Å². The zero-order valence-corrected chi connectivity index (χ0v) is 14.7. The largest absolute Gasteiger partial charge is 0.465 e. The van der Waals surface area contributed by atoms with Crippen LogP contribution >= 0.6 is 0 Å². The van der Waals surface area contributed by atoms with E-state index < -0.39 is 17.6 Å². The summed E-state index contributed by atoms with van der Waals surface area (Å²) in [5.74, 6) is -0.288. The molecule has 1 saturated heterocycles. The Morgan fingerprint density at radius 1 is 1.33 bits per heavy atom. The van der Waals surface area contributed by atoms with E-state index in [4.69, 9.17) is 4.74 Å². The maximum atomic E-state index is 12.8. The van der Waals surface area contributed by atoms with Gasteiger partial charge in [0.2, 0.25) is 5.91 Å². The smallest absolute Gasteiger partial charge is 0.407 e. The molecule has 1 fully saturated rings. The molecule has 0 unspecified atom stereocenters. The zero-order valence-electron chi connectivity index (χ0n) is 14.7. The Morgan fingerprint density at radius 3 is 2.38 bits per heavy atom. The average Bonchev–Trinajstić information content (AvgIpc) is 3.30. The van der Waals surface area contributed by atoms with Gasteiger partial charge in [0, 0.05) is 7.05 Å². The van der Waals surface area contributed by atoms with Crippen LogP contribution in [0.15, 0.2) is 30.3 Å². The molecule has 0 aromatic heterocycles. The summed E-state index contributed by atoms with van der Waals surface area (Å²) >= 11 is 0. The number of hydrogen-bond donors (Lipinski definition) is 2. The van der Waals surface area contributed by atoms with Gasteiger partial charge in [-0.3, -0.25) is 9.69 Å². The normalized spacial score (nSPS) is 19.2. The van der Waals surface area contributed by atoms with Crippen molar-refractivity contribution < 1.29 is 19.4 Å². The predicted molar refractivity (Wildman–Crippen MR) is 90.8 cm³/mol. The van der Waals surface area contributed by atoms with Gasteiger partial charge in [-0.2, -0.15) is 0 Å². The third-order valence-corrected chi connectivity index (χ3v) is 4.19. The second-order valence-corrected chi connectivity index (χ2v) is 7.34. The predicted octanol–water partition coefficient (Wildman–Crippen LogP) is 2.14. The molecule has 2 rings (SSSR count). The van der Waals surface area contributed by atoms with Gasteiger partial charge in [0.1, 0.15) is 12.1 Å². The van der Waals surface area contributed by atoms with Crippen LogP contribution in [0, 0.1) is 5.41 Å². The highest BCUT2D eigenvalue weighted by atomic mass is 16.6. The molecule has 24 heavy (non-hydrogen) atoms. The lowest BCUT2D eigenvalue weighted by Crippen LogP contribution is -2.56. The summed E-state index contributed by atoms with van der Waals surface area (Å²) in [5, 5.41) is 12.3. The van der Waals surface area contributed by atoms with Gasteiger partial charge >= 0.3 is 6.09 Å². The van der Waals surface area contributed by atoms with Crippen LogP contribution in [0.2, 0.25) is 0 Å². The number of rotatable bonds is 6. The fraction of sp³-hybridized carbons (Fsp3) is 0.556. The second kappa shape index (κ2) is 7.21. The Kier molecular flexibility index (Phi) is 5.49. The van der Waals surface area contributed by atoms with Gasteiger partial charge in [0.15, 0.2) is 0 Å². The van der Waals surface area contributed by atoms with Gasteiger partial charge in [-0.15, -0.1) is 0 Å². The van der Waals surface area contributed by atoms with Crippen LogP contribution in [0.25, 0.3) is 0 Å². The molecule has 0 aliphatic carbocycles. The van der Waals surface area contributed by atoms with Gasteiger partial charge < -0.3 is 15.2 Å². The fourth-order valence-corrected chi connectivity index (χ4v) is 2.95. The third kappa shape index (κ3) is 4.71. The third-order valence-electron chi connectivity index (χ3n) is 4.19. The average molecular weight is 334 g/mol. The summed E-state index contributed by atoms with van der Waals surface area (Å²) in [7, 11) is 1.43. The highest BCUT2D eigenvalue weighted by Gasteiger charge is 2.40. The quantitative estimate of drug-likeness (QED) is 0.781. The molecule has 0 saturated carbocycles. The molecule has 2 amide bonds. The molecule has 0 bridgehead atoms. The summed E-state index contributed by atoms with van der Waals surface area (Å²) in [4.78, 5) is 25.2. The lowest BCUT2D eigenvalue weighted by molar-refractivity contribution is -0.129. The minimum Gasteiger partial charge on any atom is -0.465 e. The van der Waals surface area contributed by atoms with Crippen LogP contribution in [-0.2, 0) is 16.0 Å². The molecule has 1 aliphatic rings. The minimum absolute atomic E-state index is 0.00934. The Bertz CT molecular complexity index is 578. The lowest BCUT2D eigenvalue weighted by Gasteiger charge is -2.36. The SMILES string of the molecule is CN(C(=O)O)[C@H](C(=O)N[C@@H](Cc1ccccc1)[C@@H]1CO1)C(C)(C)C. The van der Waals surface area contributed by atoms with Crippen molar-refractivity contribution >= 4 is 12.0 Å². The van der Waals surface area contributed by atoms with Gasteiger partial charge in [0.25, 0.3) is 0 Å². The molecular weight excluding hydrogens is 308 g/mol. The molecule has 1 aliphatic heterocycles. The van der Waals surface area contributed by atoms with Crippen LogP contribution in [-0.4, -0.2) is 53.8 Å². The van der Waals surface area contributed by atoms with E-state index in [2.05, 4.69) is 5.32 Å². The number of ether oxygens (including phenoxy) is 1. The molecule has 1 heterocycles. The van der Waals surface area contributed by atoms with E-state index in [-0.39, 0.29) is 18.1 Å². The second-order valence-electron chi connectivity index (χ2n) is 7.34. The molecule has 1 aromatic carbocycles. The Balaban J connectivity index is 2.12. The molecule has 3 atom stereocenters. The Morgan fingerprint density at radius 2 is 1.92 bits per heavy atom. The first-order valence-corrected chi connectivity index (χ1v) is 8.12. The first-order valence-electron chi connectivity index (χ1n) is 8.12. The van der Waals surface area contributed by atoms with E-state index >= 15 is 0 Å².